The molecule has 0 fully saturated rings. The number of unbranched alkanes of at least 4 members (excludes halogenated alkanes) is 1. The molecule has 0 amide bonds. The second-order valence-electron chi connectivity index (χ2n) is 3.47. The van der Waals surface area contributed by atoms with E-state index in [1.165, 1.54) is 0 Å². The maximum absolute atomic E-state index is 5.86. The van der Waals surface area contributed by atoms with Crippen LogP contribution in [0.4, 0.5) is 0 Å². The summed E-state index contributed by atoms with van der Waals surface area (Å²) in [6, 6.07) is 5.46. The fourth-order valence-corrected chi connectivity index (χ4v) is 1.64. The normalized spacial score (nSPS) is 11.1. The molecule has 0 aliphatic rings. The minimum Gasteiger partial charge on any atom is -0.441 e. The molecule has 2 rings (SSSR count). The average molecular weight is 225 g/mol. The number of fused-ring (bicyclic) bond motifs is 1. The first-order valence-corrected chi connectivity index (χ1v) is 5.42. The molecule has 0 spiro atoms. The summed E-state index contributed by atoms with van der Waals surface area (Å²) < 4.78 is 5.56. The summed E-state index contributed by atoms with van der Waals surface area (Å²) in [5.41, 5.74) is 7.04. The van der Waals surface area contributed by atoms with E-state index in [1.807, 2.05) is 12.1 Å². The Labute approximate surface area is 93.2 Å². The van der Waals surface area contributed by atoms with Crippen LogP contribution in [0.2, 0.25) is 5.02 Å². The first kappa shape index (κ1) is 10.5. The van der Waals surface area contributed by atoms with Crippen molar-refractivity contribution < 1.29 is 4.42 Å². The molecule has 0 aliphatic heterocycles. The van der Waals surface area contributed by atoms with E-state index in [0.29, 0.717) is 11.6 Å². The lowest BCUT2D eigenvalue weighted by Crippen LogP contribution is -1.98. The predicted octanol–water partition coefficient (Wildman–Crippen LogP) is 2.76. The van der Waals surface area contributed by atoms with E-state index in [9.17, 15) is 0 Å². The highest BCUT2D eigenvalue weighted by Gasteiger charge is 2.05. The van der Waals surface area contributed by atoms with Crippen molar-refractivity contribution in [3.63, 3.8) is 0 Å². The van der Waals surface area contributed by atoms with Crippen molar-refractivity contribution in [2.24, 2.45) is 5.73 Å². The molecular formula is C11H13ClN2O. The van der Waals surface area contributed by atoms with E-state index in [-0.39, 0.29) is 0 Å². The number of aromatic nitrogens is 1. The van der Waals surface area contributed by atoms with Gasteiger partial charge in [-0.1, -0.05) is 11.6 Å². The largest absolute Gasteiger partial charge is 0.441 e. The number of hydrogen-bond donors (Lipinski definition) is 1. The number of halogens is 1. The molecule has 0 aliphatic carbocycles. The summed E-state index contributed by atoms with van der Waals surface area (Å²) >= 11 is 5.86. The van der Waals surface area contributed by atoms with E-state index in [0.717, 1.165) is 36.3 Å². The standard InChI is InChI=1S/C11H13ClN2O/c12-8-4-5-10-9(7-8)14-11(15-10)3-1-2-6-13/h4-5,7H,1-3,6,13H2. The lowest BCUT2D eigenvalue weighted by Gasteiger charge is -1.92. The zero-order valence-electron chi connectivity index (χ0n) is 8.37. The van der Waals surface area contributed by atoms with Gasteiger partial charge in [-0.3, -0.25) is 0 Å². The van der Waals surface area contributed by atoms with Crippen LogP contribution in [0.3, 0.4) is 0 Å². The van der Waals surface area contributed by atoms with Crippen LogP contribution in [0, 0.1) is 0 Å². The maximum atomic E-state index is 5.86. The van der Waals surface area contributed by atoms with E-state index in [4.69, 9.17) is 21.8 Å². The van der Waals surface area contributed by atoms with Crippen molar-refractivity contribution in [1.82, 2.24) is 4.98 Å². The third-order valence-electron chi connectivity index (χ3n) is 2.24. The van der Waals surface area contributed by atoms with Crippen molar-refractivity contribution in [1.29, 1.82) is 0 Å². The highest BCUT2D eigenvalue weighted by atomic mass is 35.5. The van der Waals surface area contributed by atoms with Crippen molar-refractivity contribution in [2.45, 2.75) is 19.3 Å². The fraction of sp³-hybridized carbons (Fsp3) is 0.364. The van der Waals surface area contributed by atoms with Crippen molar-refractivity contribution >= 4 is 22.7 Å². The minimum atomic E-state index is 0.685. The van der Waals surface area contributed by atoms with Gasteiger partial charge in [-0.15, -0.1) is 0 Å². The fourth-order valence-electron chi connectivity index (χ4n) is 1.48. The molecule has 3 nitrogen and oxygen atoms in total. The van der Waals surface area contributed by atoms with Crippen molar-refractivity contribution in [3.8, 4) is 0 Å². The molecule has 0 bridgehead atoms. The number of benzene rings is 1. The van der Waals surface area contributed by atoms with Gasteiger partial charge in [-0.2, -0.15) is 0 Å². The first-order chi connectivity index (χ1) is 7.29. The quantitative estimate of drug-likeness (QED) is 0.813. The van der Waals surface area contributed by atoms with Gasteiger partial charge in [-0.25, -0.2) is 4.98 Å². The molecule has 4 heteroatoms. The van der Waals surface area contributed by atoms with Gasteiger partial charge in [0.2, 0.25) is 0 Å². The number of nitrogens with zero attached hydrogens (tertiary/aromatic N) is 1. The van der Waals surface area contributed by atoms with Crippen LogP contribution in [0.15, 0.2) is 22.6 Å². The van der Waals surface area contributed by atoms with E-state index in [2.05, 4.69) is 4.98 Å². The Kier molecular flexibility index (Phi) is 3.23. The molecule has 1 aromatic carbocycles. The summed E-state index contributed by atoms with van der Waals surface area (Å²) in [5, 5.41) is 0.685. The Bertz CT molecular complexity index is 453. The zero-order chi connectivity index (χ0) is 10.7. The van der Waals surface area contributed by atoms with E-state index in [1.54, 1.807) is 6.07 Å². The van der Waals surface area contributed by atoms with Gasteiger partial charge in [0.25, 0.3) is 0 Å². The third-order valence-corrected chi connectivity index (χ3v) is 2.47. The Morgan fingerprint density at radius 1 is 1.33 bits per heavy atom. The topological polar surface area (TPSA) is 52.0 Å². The molecule has 2 aromatic rings. The Hall–Kier alpha value is -1.06. The monoisotopic (exact) mass is 224 g/mol. The number of hydrogen-bond acceptors (Lipinski definition) is 3. The molecule has 0 saturated carbocycles. The van der Waals surface area contributed by atoms with Crippen molar-refractivity contribution in [2.75, 3.05) is 6.54 Å². The van der Waals surface area contributed by atoms with Crippen LogP contribution in [0.25, 0.3) is 11.1 Å². The Morgan fingerprint density at radius 2 is 2.20 bits per heavy atom. The van der Waals surface area contributed by atoms with Gasteiger partial charge >= 0.3 is 0 Å². The van der Waals surface area contributed by atoms with Crippen molar-refractivity contribution in [3.05, 3.63) is 29.1 Å². The Balaban J connectivity index is 2.16. The molecule has 15 heavy (non-hydrogen) atoms. The van der Waals surface area contributed by atoms with E-state index < -0.39 is 0 Å². The number of rotatable bonds is 4. The van der Waals surface area contributed by atoms with Crippen LogP contribution < -0.4 is 5.73 Å². The van der Waals surface area contributed by atoms with Gasteiger partial charge in [0.15, 0.2) is 11.5 Å². The lowest BCUT2D eigenvalue weighted by molar-refractivity contribution is 0.515. The summed E-state index contributed by atoms with van der Waals surface area (Å²) in [6.45, 7) is 0.714. The highest BCUT2D eigenvalue weighted by molar-refractivity contribution is 6.31. The molecule has 0 saturated heterocycles. The summed E-state index contributed by atoms with van der Waals surface area (Å²) in [6.07, 6.45) is 2.85. The highest BCUT2D eigenvalue weighted by Crippen LogP contribution is 2.20. The number of aryl methyl sites for hydroxylation is 1. The molecule has 0 unspecified atom stereocenters. The summed E-state index contributed by atoms with van der Waals surface area (Å²) in [5.74, 6) is 0.765. The van der Waals surface area contributed by atoms with Gasteiger partial charge in [0, 0.05) is 11.4 Å². The Morgan fingerprint density at radius 3 is 3.00 bits per heavy atom. The van der Waals surface area contributed by atoms with Gasteiger partial charge < -0.3 is 10.2 Å². The van der Waals surface area contributed by atoms with Crippen LogP contribution in [0.5, 0.6) is 0 Å². The minimum absolute atomic E-state index is 0.685. The van der Waals surface area contributed by atoms with Gasteiger partial charge in [-0.05, 0) is 37.6 Å². The summed E-state index contributed by atoms with van der Waals surface area (Å²) in [7, 11) is 0. The molecule has 0 radical (unpaired) electrons. The first-order valence-electron chi connectivity index (χ1n) is 5.04. The predicted molar refractivity (Wildman–Crippen MR) is 61.0 cm³/mol. The van der Waals surface area contributed by atoms with Crippen LogP contribution in [0.1, 0.15) is 18.7 Å². The smallest absolute Gasteiger partial charge is 0.195 e. The lowest BCUT2D eigenvalue weighted by atomic mass is 10.2. The molecule has 0 atom stereocenters. The molecule has 1 heterocycles. The maximum Gasteiger partial charge on any atom is 0.195 e. The molecule has 80 valence electrons. The van der Waals surface area contributed by atoms with Gasteiger partial charge in [0.1, 0.15) is 5.52 Å². The van der Waals surface area contributed by atoms with Crippen LogP contribution in [-0.2, 0) is 6.42 Å². The number of oxazole rings is 1. The van der Waals surface area contributed by atoms with Crippen LogP contribution in [-0.4, -0.2) is 11.5 Å². The average Bonchev–Trinajstić information content (AvgIpc) is 2.60. The van der Waals surface area contributed by atoms with E-state index >= 15 is 0 Å². The summed E-state index contributed by atoms with van der Waals surface area (Å²) in [4.78, 5) is 4.35. The number of nitrogens with two attached hydrogens (primary N) is 1. The third kappa shape index (κ3) is 2.49. The molecule has 1 aromatic heterocycles. The van der Waals surface area contributed by atoms with Crippen LogP contribution >= 0.6 is 11.6 Å². The SMILES string of the molecule is NCCCCc1nc2cc(Cl)ccc2o1. The second kappa shape index (κ2) is 4.64. The molecule has 2 N–H and O–H groups in total. The second-order valence-corrected chi connectivity index (χ2v) is 3.90. The van der Waals surface area contributed by atoms with Gasteiger partial charge in [0.05, 0.1) is 0 Å². The zero-order valence-corrected chi connectivity index (χ0v) is 9.13. The molecular weight excluding hydrogens is 212 g/mol.